The molecule has 1 N–H and O–H groups in total. The average Bonchev–Trinajstić information content (AvgIpc) is 3.39. The molecule has 1 saturated carbocycles. The first-order valence-electron chi connectivity index (χ1n) is 12.4. The molecule has 3 amide bonds. The molecule has 1 aromatic rings. The van der Waals surface area contributed by atoms with Gasteiger partial charge in [-0.05, 0) is 61.8 Å². The van der Waals surface area contributed by atoms with E-state index < -0.39 is 12.1 Å². The highest BCUT2D eigenvalue weighted by molar-refractivity contribution is 6.01. The summed E-state index contributed by atoms with van der Waals surface area (Å²) in [6.07, 6.45) is 3.75. The molecule has 1 aromatic carbocycles. The van der Waals surface area contributed by atoms with Gasteiger partial charge in [-0.2, -0.15) is 0 Å². The maximum Gasteiger partial charge on any atom is 0.251 e. The third-order valence-corrected chi connectivity index (χ3v) is 7.14. The number of carbonyl (C=O) groups is 4. The van der Waals surface area contributed by atoms with E-state index in [4.69, 9.17) is 0 Å². The van der Waals surface area contributed by atoms with Crippen molar-refractivity contribution >= 4 is 29.2 Å². The summed E-state index contributed by atoms with van der Waals surface area (Å²) in [6, 6.07) is 5.67. The monoisotopic (exact) mass is 468 g/mol. The first-order chi connectivity index (χ1) is 16.2. The number of nitrogens with one attached hydrogen (secondary N) is 1. The second kappa shape index (κ2) is 9.76. The summed E-state index contributed by atoms with van der Waals surface area (Å²) < 4.78 is 0. The van der Waals surface area contributed by atoms with Gasteiger partial charge in [0.05, 0.1) is 12.6 Å². The number of nitrogens with zero attached hydrogens (tertiary/aromatic N) is 3. The van der Waals surface area contributed by atoms with Crippen molar-refractivity contribution < 1.29 is 19.2 Å². The summed E-state index contributed by atoms with van der Waals surface area (Å²) in [4.78, 5) is 57.4. The normalized spacial score (nSPS) is 22.7. The molecule has 34 heavy (non-hydrogen) atoms. The van der Waals surface area contributed by atoms with E-state index >= 15 is 0 Å². The van der Waals surface area contributed by atoms with Gasteiger partial charge in [-0.15, -0.1) is 0 Å². The van der Waals surface area contributed by atoms with Gasteiger partial charge in [0.2, 0.25) is 11.8 Å². The minimum absolute atomic E-state index is 0.0332. The smallest absolute Gasteiger partial charge is 0.251 e. The van der Waals surface area contributed by atoms with E-state index in [1.54, 1.807) is 21.9 Å². The molecule has 4 rings (SSSR count). The van der Waals surface area contributed by atoms with E-state index in [0.717, 1.165) is 18.5 Å². The van der Waals surface area contributed by atoms with Gasteiger partial charge >= 0.3 is 0 Å². The molecule has 1 aliphatic carbocycles. The van der Waals surface area contributed by atoms with E-state index in [1.807, 2.05) is 45.0 Å². The van der Waals surface area contributed by atoms with Gasteiger partial charge < -0.3 is 20.0 Å². The molecule has 2 saturated heterocycles. The SMILES string of the molecule is CC(C)CC(NC(=O)c1ccc(N(C)C)cc1)C(=O)N1CCC2C1C(=O)CN2C(=O)CC1CC1. The Kier molecular flexibility index (Phi) is 6.96. The summed E-state index contributed by atoms with van der Waals surface area (Å²) in [5.41, 5.74) is 1.47. The van der Waals surface area contributed by atoms with Crippen LogP contribution in [0, 0.1) is 11.8 Å². The Bertz CT molecular complexity index is 954. The van der Waals surface area contributed by atoms with Crippen molar-refractivity contribution in [2.75, 3.05) is 32.1 Å². The van der Waals surface area contributed by atoms with Crippen LogP contribution in [0.25, 0.3) is 0 Å². The highest BCUT2D eigenvalue weighted by Gasteiger charge is 2.52. The van der Waals surface area contributed by atoms with Crippen molar-refractivity contribution in [3.05, 3.63) is 29.8 Å². The predicted molar refractivity (Wildman–Crippen MR) is 129 cm³/mol. The lowest BCUT2D eigenvalue weighted by atomic mass is 10.0. The molecule has 0 bridgehead atoms. The van der Waals surface area contributed by atoms with Gasteiger partial charge in [0.25, 0.3) is 5.91 Å². The van der Waals surface area contributed by atoms with E-state index in [1.165, 1.54) is 0 Å². The fourth-order valence-corrected chi connectivity index (χ4v) is 5.12. The number of ketones is 1. The quantitative estimate of drug-likeness (QED) is 0.631. The maximum atomic E-state index is 13.6. The number of benzene rings is 1. The molecule has 3 fully saturated rings. The van der Waals surface area contributed by atoms with E-state index in [0.29, 0.717) is 37.3 Å². The molecule has 0 aromatic heterocycles. The third-order valence-electron chi connectivity index (χ3n) is 7.14. The summed E-state index contributed by atoms with van der Waals surface area (Å²) >= 11 is 0. The number of rotatable bonds is 8. The lowest BCUT2D eigenvalue weighted by molar-refractivity contribution is -0.138. The Hall–Kier alpha value is -2.90. The van der Waals surface area contributed by atoms with Crippen LogP contribution in [0.15, 0.2) is 24.3 Å². The molecular weight excluding hydrogens is 432 g/mol. The lowest BCUT2D eigenvalue weighted by Crippen LogP contribution is -2.53. The van der Waals surface area contributed by atoms with Crippen molar-refractivity contribution in [2.24, 2.45) is 11.8 Å². The van der Waals surface area contributed by atoms with Gasteiger partial charge in [-0.3, -0.25) is 19.2 Å². The van der Waals surface area contributed by atoms with Gasteiger partial charge in [-0.25, -0.2) is 0 Å². The molecule has 3 aliphatic rings. The number of anilines is 1. The zero-order valence-corrected chi connectivity index (χ0v) is 20.6. The highest BCUT2D eigenvalue weighted by atomic mass is 16.2. The second-order valence-electron chi connectivity index (χ2n) is 10.6. The topological polar surface area (TPSA) is 90.0 Å². The van der Waals surface area contributed by atoms with Gasteiger partial charge in [0, 0.05) is 38.3 Å². The van der Waals surface area contributed by atoms with Gasteiger partial charge in [0.1, 0.15) is 12.1 Å². The van der Waals surface area contributed by atoms with Crippen molar-refractivity contribution in [2.45, 2.75) is 64.1 Å². The fraction of sp³-hybridized carbons (Fsp3) is 0.615. The highest BCUT2D eigenvalue weighted by Crippen LogP contribution is 2.36. The Morgan fingerprint density at radius 2 is 1.74 bits per heavy atom. The van der Waals surface area contributed by atoms with Crippen LogP contribution < -0.4 is 10.2 Å². The number of hydrogen-bond donors (Lipinski definition) is 1. The Labute approximate surface area is 201 Å². The fourth-order valence-electron chi connectivity index (χ4n) is 5.12. The Morgan fingerprint density at radius 3 is 2.32 bits per heavy atom. The molecular formula is C26H36N4O4. The molecule has 184 valence electrons. The first-order valence-corrected chi connectivity index (χ1v) is 12.4. The van der Waals surface area contributed by atoms with Crippen LogP contribution >= 0.6 is 0 Å². The van der Waals surface area contributed by atoms with Gasteiger partial charge in [-0.1, -0.05) is 13.8 Å². The molecule has 2 heterocycles. The maximum absolute atomic E-state index is 13.6. The van der Waals surface area contributed by atoms with Crippen molar-refractivity contribution in [1.82, 2.24) is 15.1 Å². The van der Waals surface area contributed by atoms with Crippen molar-refractivity contribution in [1.29, 1.82) is 0 Å². The largest absolute Gasteiger partial charge is 0.378 e. The van der Waals surface area contributed by atoms with Crippen LogP contribution in [0.3, 0.4) is 0 Å². The molecule has 3 unspecified atom stereocenters. The molecule has 0 radical (unpaired) electrons. The van der Waals surface area contributed by atoms with Crippen LogP contribution in [-0.2, 0) is 14.4 Å². The number of carbonyl (C=O) groups excluding carboxylic acids is 4. The van der Waals surface area contributed by atoms with Crippen LogP contribution in [0.2, 0.25) is 0 Å². The van der Waals surface area contributed by atoms with E-state index in [-0.39, 0.29) is 42.0 Å². The van der Waals surface area contributed by atoms with E-state index in [9.17, 15) is 19.2 Å². The van der Waals surface area contributed by atoms with Crippen LogP contribution in [0.4, 0.5) is 5.69 Å². The number of fused-ring (bicyclic) bond motifs is 1. The molecule has 8 heteroatoms. The van der Waals surface area contributed by atoms with Crippen molar-refractivity contribution in [3.8, 4) is 0 Å². The average molecular weight is 469 g/mol. The third kappa shape index (κ3) is 5.10. The Morgan fingerprint density at radius 1 is 1.06 bits per heavy atom. The molecule has 2 aliphatic heterocycles. The van der Waals surface area contributed by atoms with E-state index in [2.05, 4.69) is 5.32 Å². The standard InChI is InChI=1S/C26H36N4O4/c1-16(2)13-20(27-25(33)18-7-9-19(10-8-18)28(3)4)26(34)29-12-11-21-24(29)22(31)15-30(21)23(32)14-17-5-6-17/h7-10,16-17,20-21,24H,5-6,11-15H2,1-4H3,(H,27,33). The van der Waals surface area contributed by atoms with Crippen molar-refractivity contribution in [3.63, 3.8) is 0 Å². The van der Waals surface area contributed by atoms with Crippen LogP contribution in [-0.4, -0.2) is 78.6 Å². The predicted octanol–water partition coefficient (Wildman–Crippen LogP) is 2.08. The molecule has 8 nitrogen and oxygen atoms in total. The second-order valence-corrected chi connectivity index (χ2v) is 10.6. The number of hydrogen-bond acceptors (Lipinski definition) is 5. The van der Waals surface area contributed by atoms with Crippen LogP contribution in [0.5, 0.6) is 0 Å². The minimum atomic E-state index is -0.719. The van der Waals surface area contributed by atoms with Gasteiger partial charge in [0.15, 0.2) is 5.78 Å². The number of amides is 3. The Balaban J connectivity index is 1.46. The zero-order valence-electron chi connectivity index (χ0n) is 20.6. The summed E-state index contributed by atoms with van der Waals surface area (Å²) in [6.45, 7) is 4.52. The molecule has 0 spiro atoms. The summed E-state index contributed by atoms with van der Waals surface area (Å²) in [5.74, 6) is 0.0565. The number of Topliss-reactive ketones (excluding diaryl/α,β-unsaturated/α-hetero) is 1. The molecule has 3 atom stereocenters. The summed E-state index contributed by atoms with van der Waals surface area (Å²) in [5, 5.41) is 2.92. The minimum Gasteiger partial charge on any atom is -0.378 e. The number of likely N-dealkylation sites (tertiary alicyclic amines) is 2. The summed E-state index contributed by atoms with van der Waals surface area (Å²) in [7, 11) is 3.86. The first kappa shape index (κ1) is 24.2. The lowest BCUT2D eigenvalue weighted by Gasteiger charge is -2.29. The van der Waals surface area contributed by atoms with Crippen LogP contribution in [0.1, 0.15) is 56.3 Å². The zero-order chi connectivity index (χ0) is 24.6.